The quantitative estimate of drug-likeness (QED) is 0.569. The molecule has 2 aromatic rings. The van der Waals surface area contributed by atoms with E-state index in [0.29, 0.717) is 0 Å². The highest BCUT2D eigenvalue weighted by atomic mass is 32.2. The Morgan fingerprint density at radius 2 is 1.65 bits per heavy atom. The maximum atomic E-state index is 14.6. The highest BCUT2D eigenvalue weighted by Crippen LogP contribution is 2.41. The third-order valence-corrected chi connectivity index (χ3v) is 8.30. The number of ether oxygens (including phenoxy) is 1. The van der Waals surface area contributed by atoms with Gasteiger partial charge in [-0.05, 0) is 38.8 Å². The van der Waals surface area contributed by atoms with E-state index in [4.69, 9.17) is 4.74 Å². The number of nitrogens with zero attached hydrogens (tertiary/aromatic N) is 1. The fourth-order valence-electron chi connectivity index (χ4n) is 4.04. The Kier molecular flexibility index (Phi) is 7.67. The fourth-order valence-corrected chi connectivity index (χ4v) is 5.04. The van der Waals surface area contributed by atoms with Crippen LogP contribution in [0.2, 0.25) is 0 Å². The van der Waals surface area contributed by atoms with Crippen molar-refractivity contribution in [3.8, 4) is 0 Å². The Hall–Kier alpha value is -2.52. The third kappa shape index (κ3) is 6.13. The number of carbonyl (C=O) groups excluding carboxylic acids is 1. The largest absolute Gasteiger partial charge is 0.445 e. The third-order valence-electron chi connectivity index (χ3n) is 6.08. The number of hydrogen-bond donors (Lipinski definition) is 1. The number of nitrogens with one attached hydrogen (secondary N) is 1. The first-order valence-corrected chi connectivity index (χ1v) is 12.7. The molecule has 1 saturated carbocycles. The van der Waals surface area contributed by atoms with Crippen molar-refractivity contribution in [2.75, 3.05) is 0 Å². The molecule has 0 aromatic heterocycles. The Morgan fingerprint density at radius 1 is 1.09 bits per heavy atom. The van der Waals surface area contributed by atoms with Crippen molar-refractivity contribution in [3.05, 3.63) is 71.8 Å². The highest BCUT2D eigenvalue weighted by Gasteiger charge is 2.53. The van der Waals surface area contributed by atoms with Gasteiger partial charge in [-0.15, -0.1) is 0 Å². The number of alkyl halides is 2. The summed E-state index contributed by atoms with van der Waals surface area (Å²) in [6.45, 7) is 6.19. The van der Waals surface area contributed by atoms with Gasteiger partial charge in [-0.25, -0.2) is 26.7 Å². The van der Waals surface area contributed by atoms with Crippen molar-refractivity contribution in [1.82, 2.24) is 9.62 Å². The summed E-state index contributed by atoms with van der Waals surface area (Å²) in [5.41, 5.74) is 1.48. The average Bonchev–Trinajstić information content (AvgIpc) is 3.05. The summed E-state index contributed by atoms with van der Waals surface area (Å²) in [4.78, 5) is 14.6. The van der Waals surface area contributed by atoms with Crippen LogP contribution < -0.4 is 4.72 Å². The second-order valence-electron chi connectivity index (χ2n) is 9.71. The van der Waals surface area contributed by atoms with Crippen LogP contribution in [0.5, 0.6) is 0 Å². The van der Waals surface area contributed by atoms with Gasteiger partial charge in [-0.2, -0.15) is 0 Å². The molecule has 34 heavy (non-hydrogen) atoms. The molecule has 6 nitrogen and oxygen atoms in total. The zero-order chi connectivity index (χ0) is 25.1. The SMILES string of the molecule is C[C@H](c1ccccc1)N(C(=O)OCc1ccccc1)[C@H]1CC(F)(F)CC1NS(=O)(=O)C(C)(C)C. The Bertz CT molecular complexity index is 1070. The lowest BCUT2D eigenvalue weighted by Crippen LogP contribution is -2.54. The zero-order valence-corrected chi connectivity index (χ0v) is 20.7. The van der Waals surface area contributed by atoms with Crippen LogP contribution in [-0.2, 0) is 21.4 Å². The van der Waals surface area contributed by atoms with E-state index in [1.54, 1.807) is 43.3 Å². The second kappa shape index (κ2) is 10.00. The van der Waals surface area contributed by atoms with E-state index in [0.717, 1.165) is 11.1 Å². The molecule has 0 saturated heterocycles. The number of sulfonamides is 1. The molecule has 1 unspecified atom stereocenters. The highest BCUT2D eigenvalue weighted by molar-refractivity contribution is 7.90. The van der Waals surface area contributed by atoms with Gasteiger partial charge in [0.05, 0.1) is 16.8 Å². The van der Waals surface area contributed by atoms with Gasteiger partial charge in [-0.3, -0.25) is 4.90 Å². The minimum absolute atomic E-state index is 0.0286. The van der Waals surface area contributed by atoms with Crippen molar-refractivity contribution in [2.24, 2.45) is 0 Å². The molecule has 186 valence electrons. The van der Waals surface area contributed by atoms with Crippen LogP contribution in [-0.4, -0.2) is 42.2 Å². The molecule has 0 aliphatic heterocycles. The van der Waals surface area contributed by atoms with E-state index in [2.05, 4.69) is 4.72 Å². The summed E-state index contributed by atoms with van der Waals surface area (Å²) >= 11 is 0. The normalized spacial score (nSPS) is 21.1. The topological polar surface area (TPSA) is 75.7 Å². The Balaban J connectivity index is 1.94. The molecule has 1 aliphatic carbocycles. The van der Waals surface area contributed by atoms with Crippen LogP contribution in [0.25, 0.3) is 0 Å². The molecule has 1 fully saturated rings. The van der Waals surface area contributed by atoms with E-state index in [1.165, 1.54) is 25.7 Å². The van der Waals surface area contributed by atoms with Gasteiger partial charge in [0.15, 0.2) is 0 Å². The fraction of sp³-hybridized carbons (Fsp3) is 0.480. The van der Waals surface area contributed by atoms with Gasteiger partial charge in [0.1, 0.15) is 6.61 Å². The smallest absolute Gasteiger partial charge is 0.410 e. The number of carbonyl (C=O) groups is 1. The van der Waals surface area contributed by atoms with Crippen LogP contribution in [0.3, 0.4) is 0 Å². The summed E-state index contributed by atoms with van der Waals surface area (Å²) in [5, 5.41) is 0. The van der Waals surface area contributed by atoms with E-state index >= 15 is 0 Å². The van der Waals surface area contributed by atoms with Crippen LogP contribution in [0.4, 0.5) is 13.6 Å². The first kappa shape index (κ1) is 26.1. The lowest BCUT2D eigenvalue weighted by atomic mass is 10.0. The average molecular weight is 495 g/mol. The van der Waals surface area contributed by atoms with Gasteiger partial charge >= 0.3 is 6.09 Å². The van der Waals surface area contributed by atoms with Gasteiger partial charge in [0.25, 0.3) is 5.92 Å². The van der Waals surface area contributed by atoms with Crippen molar-refractivity contribution in [3.63, 3.8) is 0 Å². The zero-order valence-electron chi connectivity index (χ0n) is 19.9. The number of benzene rings is 2. The van der Waals surface area contributed by atoms with Crippen LogP contribution >= 0.6 is 0 Å². The molecule has 2 aromatic carbocycles. The number of rotatable bonds is 7. The Morgan fingerprint density at radius 3 is 2.21 bits per heavy atom. The van der Waals surface area contributed by atoms with Crippen LogP contribution in [0.1, 0.15) is 57.7 Å². The standard InChI is InChI=1S/C25H32F2N2O4S/c1-18(20-13-9-6-10-14-20)29(23(30)33-17-19-11-7-5-8-12-19)22-16-25(26,27)15-21(22)28-34(31,32)24(2,3)4/h5-14,18,21-22,28H,15-17H2,1-4H3/t18-,21?,22+/m1/s1. The monoisotopic (exact) mass is 494 g/mol. The summed E-state index contributed by atoms with van der Waals surface area (Å²) in [7, 11) is -3.93. The molecule has 0 bridgehead atoms. The predicted molar refractivity (Wildman–Crippen MR) is 127 cm³/mol. The molecule has 3 atom stereocenters. The second-order valence-corrected chi connectivity index (χ2v) is 12.2. The number of hydrogen-bond acceptors (Lipinski definition) is 4. The minimum atomic E-state index is -3.93. The molecule has 3 rings (SSSR count). The predicted octanol–water partition coefficient (Wildman–Crippen LogP) is 5.27. The van der Waals surface area contributed by atoms with Crippen molar-refractivity contribution in [1.29, 1.82) is 0 Å². The van der Waals surface area contributed by atoms with Gasteiger partial charge < -0.3 is 4.74 Å². The van der Waals surface area contributed by atoms with E-state index in [-0.39, 0.29) is 6.61 Å². The summed E-state index contributed by atoms with van der Waals surface area (Å²) in [6.07, 6.45) is -2.14. The van der Waals surface area contributed by atoms with Crippen LogP contribution in [0.15, 0.2) is 60.7 Å². The lowest BCUT2D eigenvalue weighted by molar-refractivity contribution is -0.00284. The molecule has 9 heteroatoms. The van der Waals surface area contributed by atoms with Crippen molar-refractivity contribution in [2.45, 2.75) is 75.9 Å². The van der Waals surface area contributed by atoms with E-state index in [9.17, 15) is 22.0 Å². The lowest BCUT2D eigenvalue weighted by Gasteiger charge is -2.37. The first-order valence-electron chi connectivity index (χ1n) is 11.2. The molecule has 0 radical (unpaired) electrons. The van der Waals surface area contributed by atoms with Gasteiger partial charge in [0, 0.05) is 18.9 Å². The van der Waals surface area contributed by atoms with Gasteiger partial charge in [0.2, 0.25) is 10.0 Å². The maximum absolute atomic E-state index is 14.6. The minimum Gasteiger partial charge on any atom is -0.445 e. The van der Waals surface area contributed by atoms with Crippen molar-refractivity contribution >= 4 is 16.1 Å². The number of halogens is 2. The number of amides is 1. The van der Waals surface area contributed by atoms with Gasteiger partial charge in [-0.1, -0.05) is 60.7 Å². The van der Waals surface area contributed by atoms with E-state index in [1.807, 2.05) is 24.3 Å². The first-order chi connectivity index (χ1) is 15.8. The molecule has 1 aliphatic rings. The molecule has 0 heterocycles. The molecule has 1 amide bonds. The summed E-state index contributed by atoms with van der Waals surface area (Å²) in [6, 6.07) is 15.2. The van der Waals surface area contributed by atoms with Crippen molar-refractivity contribution < 1.29 is 26.7 Å². The summed E-state index contributed by atoms with van der Waals surface area (Å²) < 4.78 is 61.7. The molecular weight excluding hydrogens is 462 g/mol. The van der Waals surface area contributed by atoms with Crippen LogP contribution in [0, 0.1) is 0 Å². The summed E-state index contributed by atoms with van der Waals surface area (Å²) in [5.74, 6) is -3.13. The Labute approximate surface area is 200 Å². The molecule has 1 N–H and O–H groups in total. The maximum Gasteiger partial charge on any atom is 0.410 e. The van der Waals surface area contributed by atoms with E-state index < -0.39 is 57.8 Å². The molecule has 0 spiro atoms. The molecular formula is C25H32F2N2O4S.